The van der Waals surface area contributed by atoms with Crippen molar-refractivity contribution >= 4 is 34.6 Å². The van der Waals surface area contributed by atoms with Crippen LogP contribution in [0.25, 0.3) is 10.9 Å². The summed E-state index contributed by atoms with van der Waals surface area (Å²) in [4.78, 5) is 7.39. The van der Waals surface area contributed by atoms with Gasteiger partial charge in [-0.1, -0.05) is 12.1 Å². The molecular weight excluding hydrogens is 386 g/mol. The monoisotopic (exact) mass is 413 g/mol. The van der Waals surface area contributed by atoms with Crippen molar-refractivity contribution in [3.63, 3.8) is 0 Å². The van der Waals surface area contributed by atoms with E-state index in [2.05, 4.69) is 69.3 Å². The van der Waals surface area contributed by atoms with E-state index in [0.29, 0.717) is 5.41 Å². The molecule has 0 amide bonds. The first-order valence-electron chi connectivity index (χ1n) is 10.0. The van der Waals surface area contributed by atoms with Crippen LogP contribution in [0, 0.1) is 12.3 Å². The molecule has 1 atom stereocenters. The van der Waals surface area contributed by atoms with Crippen molar-refractivity contribution in [2.75, 3.05) is 13.1 Å². The topological polar surface area (TPSA) is 28.2 Å². The Morgan fingerprint density at radius 1 is 1.11 bits per heavy atom. The normalized spacial score (nSPS) is 20.4. The number of aryl methyl sites for hydroxylation is 1. The van der Waals surface area contributed by atoms with E-state index < -0.39 is 0 Å². The predicted molar refractivity (Wildman–Crippen MR) is 120 cm³/mol. The smallest absolute Gasteiger partial charge is 0.0705 e. The standard InChI is InChI=1S/C23H27N3S.ClH/c1-17-2-4-20-12-18(3-5-21(20)25-17)14-26(15-19-6-11-27-16-19)22-13-23(22)7-9-24-10-8-23;/h2-6,11-12,16,22,24H,7-10,13-15H2,1H3;1H. The molecule has 0 bridgehead atoms. The molecule has 1 unspecified atom stereocenters. The van der Waals surface area contributed by atoms with Crippen LogP contribution in [0.4, 0.5) is 0 Å². The molecule has 3 nitrogen and oxygen atoms in total. The van der Waals surface area contributed by atoms with Gasteiger partial charge in [-0.05, 0) is 90.8 Å². The first kappa shape index (κ1) is 19.8. The summed E-state index contributed by atoms with van der Waals surface area (Å²) in [7, 11) is 0. The zero-order chi connectivity index (χ0) is 18.3. The van der Waals surface area contributed by atoms with Gasteiger partial charge in [-0.25, -0.2) is 0 Å². The van der Waals surface area contributed by atoms with E-state index in [9.17, 15) is 0 Å². The first-order valence-corrected chi connectivity index (χ1v) is 11.0. The molecule has 1 spiro atoms. The van der Waals surface area contributed by atoms with Crippen LogP contribution in [-0.4, -0.2) is 29.0 Å². The summed E-state index contributed by atoms with van der Waals surface area (Å²) in [5.41, 5.74) is 5.61. The molecule has 148 valence electrons. The average molecular weight is 414 g/mol. The van der Waals surface area contributed by atoms with Gasteiger partial charge in [0.25, 0.3) is 0 Å². The number of aromatic nitrogens is 1. The third-order valence-corrected chi connectivity index (χ3v) is 7.16. The molecule has 5 heteroatoms. The third-order valence-electron chi connectivity index (χ3n) is 6.43. The number of hydrogen-bond donors (Lipinski definition) is 1. The summed E-state index contributed by atoms with van der Waals surface area (Å²) in [5.74, 6) is 0. The Kier molecular flexibility index (Phi) is 5.75. The van der Waals surface area contributed by atoms with Gasteiger partial charge in [0.2, 0.25) is 0 Å². The summed E-state index contributed by atoms with van der Waals surface area (Å²) in [6.07, 6.45) is 4.03. The Morgan fingerprint density at radius 3 is 2.71 bits per heavy atom. The van der Waals surface area contributed by atoms with Gasteiger partial charge in [-0.3, -0.25) is 9.88 Å². The van der Waals surface area contributed by atoms with Gasteiger partial charge in [0, 0.05) is 30.2 Å². The highest BCUT2D eigenvalue weighted by Crippen LogP contribution is 2.56. The molecule has 28 heavy (non-hydrogen) atoms. The Hall–Kier alpha value is -1.46. The van der Waals surface area contributed by atoms with E-state index in [-0.39, 0.29) is 12.4 Å². The van der Waals surface area contributed by atoms with Crippen LogP contribution < -0.4 is 5.32 Å². The van der Waals surface area contributed by atoms with Crippen molar-refractivity contribution in [3.05, 3.63) is 64.0 Å². The Labute approximate surface area is 177 Å². The number of thiophene rings is 1. The number of fused-ring (bicyclic) bond motifs is 1. The van der Waals surface area contributed by atoms with E-state index in [1.165, 1.54) is 48.9 Å². The number of nitrogens with zero attached hydrogens (tertiary/aromatic N) is 2. The van der Waals surface area contributed by atoms with Crippen LogP contribution in [0.5, 0.6) is 0 Å². The molecule has 5 rings (SSSR count). The first-order chi connectivity index (χ1) is 13.2. The zero-order valence-electron chi connectivity index (χ0n) is 16.4. The number of piperidine rings is 1. The lowest BCUT2D eigenvalue weighted by molar-refractivity contribution is 0.188. The Morgan fingerprint density at radius 2 is 1.93 bits per heavy atom. The number of halogens is 1. The van der Waals surface area contributed by atoms with Crippen LogP contribution >= 0.6 is 23.7 Å². The minimum absolute atomic E-state index is 0. The Balaban J connectivity index is 0.00000192. The van der Waals surface area contributed by atoms with Gasteiger partial charge in [0.15, 0.2) is 0 Å². The fourth-order valence-electron chi connectivity index (χ4n) is 4.81. The van der Waals surface area contributed by atoms with Gasteiger partial charge in [0.05, 0.1) is 5.52 Å². The molecular formula is C23H28ClN3S. The van der Waals surface area contributed by atoms with Crippen molar-refractivity contribution in [1.29, 1.82) is 0 Å². The fourth-order valence-corrected chi connectivity index (χ4v) is 5.47. The van der Waals surface area contributed by atoms with Crippen molar-refractivity contribution in [2.24, 2.45) is 5.41 Å². The molecule has 0 radical (unpaired) electrons. The van der Waals surface area contributed by atoms with E-state index in [1.54, 1.807) is 11.3 Å². The number of rotatable bonds is 5. The van der Waals surface area contributed by atoms with E-state index >= 15 is 0 Å². The van der Waals surface area contributed by atoms with Gasteiger partial charge in [-0.2, -0.15) is 11.3 Å². The molecule has 1 aromatic carbocycles. The molecule has 1 N–H and O–H groups in total. The second-order valence-corrected chi connectivity index (χ2v) is 9.13. The molecule has 2 aromatic heterocycles. The molecule has 3 heterocycles. The van der Waals surface area contributed by atoms with Crippen LogP contribution in [0.1, 0.15) is 36.1 Å². The number of pyridine rings is 1. The summed E-state index contributed by atoms with van der Waals surface area (Å²) in [5, 5.41) is 9.29. The van der Waals surface area contributed by atoms with Crippen LogP contribution in [0.3, 0.4) is 0 Å². The highest BCUT2D eigenvalue weighted by Gasteiger charge is 2.56. The zero-order valence-corrected chi connectivity index (χ0v) is 18.0. The number of nitrogens with one attached hydrogen (secondary N) is 1. The van der Waals surface area contributed by atoms with Crippen LogP contribution in [-0.2, 0) is 13.1 Å². The highest BCUT2D eigenvalue weighted by atomic mass is 35.5. The van der Waals surface area contributed by atoms with Gasteiger partial charge < -0.3 is 5.32 Å². The summed E-state index contributed by atoms with van der Waals surface area (Å²) < 4.78 is 0. The minimum Gasteiger partial charge on any atom is -0.317 e. The molecule has 1 aliphatic carbocycles. The lowest BCUT2D eigenvalue weighted by atomic mass is 9.93. The maximum absolute atomic E-state index is 4.65. The average Bonchev–Trinajstić information content (AvgIpc) is 3.11. The van der Waals surface area contributed by atoms with Crippen molar-refractivity contribution in [3.8, 4) is 0 Å². The van der Waals surface area contributed by atoms with Crippen LogP contribution in [0.15, 0.2) is 47.2 Å². The molecule has 2 aliphatic rings. The molecule has 3 aromatic rings. The summed E-state index contributed by atoms with van der Waals surface area (Å²) in [6, 6.07) is 14.1. The van der Waals surface area contributed by atoms with Gasteiger partial charge >= 0.3 is 0 Å². The van der Waals surface area contributed by atoms with Crippen molar-refractivity contribution < 1.29 is 0 Å². The largest absolute Gasteiger partial charge is 0.317 e. The molecule has 1 saturated heterocycles. The minimum atomic E-state index is 0. The SMILES string of the molecule is Cc1ccc2cc(CN(Cc3ccsc3)C3CC34CCNCC4)ccc2n1.Cl. The van der Waals surface area contributed by atoms with Crippen LogP contribution in [0.2, 0.25) is 0 Å². The summed E-state index contributed by atoms with van der Waals surface area (Å²) >= 11 is 1.81. The lowest BCUT2D eigenvalue weighted by Gasteiger charge is -2.29. The molecule has 1 aliphatic heterocycles. The van der Waals surface area contributed by atoms with E-state index in [1.807, 2.05) is 0 Å². The predicted octanol–water partition coefficient (Wildman–Crippen LogP) is 5.17. The molecule has 2 fully saturated rings. The second-order valence-electron chi connectivity index (χ2n) is 8.35. The van der Waals surface area contributed by atoms with E-state index in [0.717, 1.165) is 30.3 Å². The fraction of sp³-hybridized carbons (Fsp3) is 0.435. The summed E-state index contributed by atoms with van der Waals surface area (Å²) in [6.45, 7) is 6.52. The van der Waals surface area contributed by atoms with E-state index in [4.69, 9.17) is 0 Å². The van der Waals surface area contributed by atoms with Crippen molar-refractivity contribution in [2.45, 2.75) is 45.3 Å². The highest BCUT2D eigenvalue weighted by molar-refractivity contribution is 7.07. The number of hydrogen-bond acceptors (Lipinski definition) is 4. The second kappa shape index (κ2) is 8.11. The van der Waals surface area contributed by atoms with Gasteiger partial charge in [0.1, 0.15) is 0 Å². The molecule has 1 saturated carbocycles. The van der Waals surface area contributed by atoms with Gasteiger partial charge in [-0.15, -0.1) is 12.4 Å². The third kappa shape index (κ3) is 3.97. The van der Waals surface area contributed by atoms with Crippen molar-refractivity contribution in [1.82, 2.24) is 15.2 Å². The quantitative estimate of drug-likeness (QED) is 0.625. The number of benzene rings is 1. The Bertz CT molecular complexity index is 934. The maximum atomic E-state index is 4.65. The lowest BCUT2D eigenvalue weighted by Crippen LogP contribution is -2.35. The maximum Gasteiger partial charge on any atom is 0.0705 e.